The van der Waals surface area contributed by atoms with Crippen molar-refractivity contribution in [3.8, 4) is 0 Å². The van der Waals surface area contributed by atoms with Gasteiger partial charge < -0.3 is 10.2 Å². The van der Waals surface area contributed by atoms with Crippen LogP contribution in [0.2, 0.25) is 0 Å². The standard InChI is InChI=1S/C16H26N2S/c1-11-8-9-19-16(11)12(2)10-15(17-5)13(3)14(4)18(6)7/h8-9,15,17H,2,10H2,1,3-7H3/b14-13-. The number of likely N-dealkylation sites (N-methyl/N-ethyl adjacent to an activating group) is 1. The van der Waals surface area contributed by atoms with Crippen molar-refractivity contribution in [1.29, 1.82) is 0 Å². The van der Waals surface area contributed by atoms with Crippen molar-refractivity contribution in [1.82, 2.24) is 10.2 Å². The summed E-state index contributed by atoms with van der Waals surface area (Å²) in [6.45, 7) is 10.8. The lowest BCUT2D eigenvalue weighted by molar-refractivity contribution is 0.492. The van der Waals surface area contributed by atoms with Gasteiger partial charge in [-0.25, -0.2) is 0 Å². The maximum atomic E-state index is 4.27. The molecule has 3 heteroatoms. The molecule has 0 fully saturated rings. The van der Waals surface area contributed by atoms with Crippen molar-refractivity contribution in [3.63, 3.8) is 0 Å². The van der Waals surface area contributed by atoms with Gasteiger partial charge in [-0.3, -0.25) is 0 Å². The molecule has 0 radical (unpaired) electrons. The summed E-state index contributed by atoms with van der Waals surface area (Å²) in [7, 11) is 6.19. The van der Waals surface area contributed by atoms with Gasteiger partial charge in [0.25, 0.3) is 0 Å². The van der Waals surface area contributed by atoms with E-state index in [9.17, 15) is 0 Å². The van der Waals surface area contributed by atoms with E-state index in [0.29, 0.717) is 6.04 Å². The molecule has 0 amide bonds. The maximum absolute atomic E-state index is 4.27. The van der Waals surface area contributed by atoms with Crippen molar-refractivity contribution in [2.24, 2.45) is 0 Å². The van der Waals surface area contributed by atoms with Crippen molar-refractivity contribution in [3.05, 3.63) is 39.7 Å². The smallest absolute Gasteiger partial charge is 0.0334 e. The zero-order chi connectivity index (χ0) is 14.6. The van der Waals surface area contributed by atoms with Gasteiger partial charge in [0.15, 0.2) is 0 Å². The molecule has 1 unspecified atom stereocenters. The highest BCUT2D eigenvalue weighted by molar-refractivity contribution is 7.11. The molecule has 0 bridgehead atoms. The van der Waals surface area contributed by atoms with E-state index >= 15 is 0 Å². The van der Waals surface area contributed by atoms with Crippen LogP contribution in [0, 0.1) is 6.92 Å². The SMILES string of the molecule is C=C(CC(NC)/C(C)=C(/C)N(C)C)c1sccc1C. The molecule has 0 saturated heterocycles. The summed E-state index contributed by atoms with van der Waals surface area (Å²) in [5, 5.41) is 5.55. The largest absolute Gasteiger partial charge is 0.381 e. The highest BCUT2D eigenvalue weighted by Crippen LogP contribution is 2.28. The fourth-order valence-corrected chi connectivity index (χ4v) is 3.06. The number of rotatable bonds is 6. The molecule has 0 aliphatic rings. The van der Waals surface area contributed by atoms with Gasteiger partial charge in [-0.1, -0.05) is 6.58 Å². The Morgan fingerprint density at radius 3 is 2.47 bits per heavy atom. The lowest BCUT2D eigenvalue weighted by atomic mass is 9.97. The monoisotopic (exact) mass is 278 g/mol. The first-order chi connectivity index (χ1) is 8.88. The van der Waals surface area contributed by atoms with Crippen LogP contribution in [-0.2, 0) is 0 Å². The first kappa shape index (κ1) is 16.0. The zero-order valence-corrected chi connectivity index (χ0v) is 13.8. The molecule has 1 aromatic heterocycles. The topological polar surface area (TPSA) is 15.3 Å². The predicted octanol–water partition coefficient (Wildman–Crippen LogP) is 3.90. The molecule has 1 N–H and O–H groups in total. The number of aryl methyl sites for hydroxylation is 1. The first-order valence-electron chi connectivity index (χ1n) is 6.62. The second kappa shape index (κ2) is 6.92. The van der Waals surface area contributed by atoms with E-state index in [1.807, 2.05) is 7.05 Å². The number of nitrogens with zero attached hydrogens (tertiary/aromatic N) is 1. The molecule has 0 aliphatic heterocycles. The lowest BCUT2D eigenvalue weighted by Gasteiger charge is -2.24. The summed E-state index contributed by atoms with van der Waals surface area (Å²) in [5.41, 5.74) is 5.24. The normalized spacial score (nSPS) is 14.0. The quantitative estimate of drug-likeness (QED) is 0.849. The van der Waals surface area contributed by atoms with Gasteiger partial charge in [0.05, 0.1) is 0 Å². The summed E-state index contributed by atoms with van der Waals surface area (Å²) in [5.74, 6) is 0. The van der Waals surface area contributed by atoms with Crippen LogP contribution in [-0.4, -0.2) is 32.1 Å². The van der Waals surface area contributed by atoms with Crippen LogP contribution in [0.4, 0.5) is 0 Å². The number of nitrogens with one attached hydrogen (secondary N) is 1. The Morgan fingerprint density at radius 2 is 2.05 bits per heavy atom. The average molecular weight is 278 g/mol. The molecule has 1 atom stereocenters. The minimum atomic E-state index is 0.344. The molecular formula is C16H26N2S. The molecule has 1 rings (SSSR count). The summed E-state index contributed by atoms with van der Waals surface area (Å²) < 4.78 is 0. The first-order valence-corrected chi connectivity index (χ1v) is 7.50. The number of hydrogen-bond acceptors (Lipinski definition) is 3. The molecule has 0 aromatic carbocycles. The van der Waals surface area contributed by atoms with Gasteiger partial charge in [0.1, 0.15) is 0 Å². The molecular weight excluding hydrogens is 252 g/mol. The summed E-state index contributed by atoms with van der Waals surface area (Å²) >= 11 is 1.78. The second-order valence-electron chi connectivity index (χ2n) is 5.24. The number of thiophene rings is 1. The van der Waals surface area contributed by atoms with E-state index in [-0.39, 0.29) is 0 Å². The summed E-state index contributed by atoms with van der Waals surface area (Å²) in [4.78, 5) is 3.49. The van der Waals surface area contributed by atoms with Crippen LogP contribution >= 0.6 is 11.3 Å². The Bertz CT molecular complexity index is 469. The van der Waals surface area contributed by atoms with Crippen LogP contribution in [0.5, 0.6) is 0 Å². The molecule has 0 aliphatic carbocycles. The van der Waals surface area contributed by atoms with Gasteiger partial charge in [-0.2, -0.15) is 0 Å². The second-order valence-corrected chi connectivity index (χ2v) is 6.16. The number of hydrogen-bond donors (Lipinski definition) is 1. The fraction of sp³-hybridized carbons (Fsp3) is 0.500. The molecule has 0 spiro atoms. The van der Waals surface area contributed by atoms with Crippen molar-refractivity contribution < 1.29 is 0 Å². The zero-order valence-electron chi connectivity index (χ0n) is 13.0. The minimum absolute atomic E-state index is 0.344. The maximum Gasteiger partial charge on any atom is 0.0334 e. The highest BCUT2D eigenvalue weighted by atomic mass is 32.1. The van der Waals surface area contributed by atoms with E-state index in [0.717, 1.165) is 6.42 Å². The fourth-order valence-electron chi connectivity index (χ4n) is 2.15. The highest BCUT2D eigenvalue weighted by Gasteiger charge is 2.15. The van der Waals surface area contributed by atoms with E-state index in [2.05, 4.69) is 63.1 Å². The Balaban J connectivity index is 2.87. The van der Waals surface area contributed by atoms with Crippen LogP contribution in [0.1, 0.15) is 30.7 Å². The molecule has 19 heavy (non-hydrogen) atoms. The third-order valence-electron chi connectivity index (χ3n) is 3.75. The van der Waals surface area contributed by atoms with Crippen LogP contribution in [0.25, 0.3) is 5.57 Å². The molecule has 2 nitrogen and oxygen atoms in total. The van der Waals surface area contributed by atoms with Crippen molar-refractivity contribution in [2.75, 3.05) is 21.1 Å². The third kappa shape index (κ3) is 3.95. The average Bonchev–Trinajstić information content (AvgIpc) is 2.80. The third-order valence-corrected chi connectivity index (χ3v) is 4.86. The van der Waals surface area contributed by atoms with E-state index < -0.39 is 0 Å². The molecule has 106 valence electrons. The Morgan fingerprint density at radius 1 is 1.42 bits per heavy atom. The van der Waals surface area contributed by atoms with Crippen LogP contribution in [0.3, 0.4) is 0 Å². The van der Waals surface area contributed by atoms with E-state index in [1.54, 1.807) is 11.3 Å². The Hall–Kier alpha value is -1.06. The van der Waals surface area contributed by atoms with Crippen LogP contribution < -0.4 is 5.32 Å². The van der Waals surface area contributed by atoms with Gasteiger partial charge in [-0.05, 0) is 62.4 Å². The molecule has 0 saturated carbocycles. The number of allylic oxidation sites excluding steroid dienone is 1. The van der Waals surface area contributed by atoms with Crippen LogP contribution in [0.15, 0.2) is 29.3 Å². The van der Waals surface area contributed by atoms with Gasteiger partial charge in [0.2, 0.25) is 0 Å². The Kier molecular flexibility index (Phi) is 5.83. The van der Waals surface area contributed by atoms with Crippen molar-refractivity contribution in [2.45, 2.75) is 33.2 Å². The molecule has 1 heterocycles. The minimum Gasteiger partial charge on any atom is -0.381 e. The summed E-state index contributed by atoms with van der Waals surface area (Å²) in [6, 6.07) is 2.50. The van der Waals surface area contributed by atoms with E-state index in [1.165, 1.54) is 27.3 Å². The van der Waals surface area contributed by atoms with Gasteiger partial charge in [0, 0.05) is 30.7 Å². The predicted molar refractivity (Wildman–Crippen MR) is 87.6 cm³/mol. The Labute approximate surface area is 121 Å². The molecule has 1 aromatic rings. The van der Waals surface area contributed by atoms with Crippen molar-refractivity contribution >= 4 is 16.9 Å². The van der Waals surface area contributed by atoms with Gasteiger partial charge >= 0.3 is 0 Å². The van der Waals surface area contributed by atoms with Gasteiger partial charge in [-0.15, -0.1) is 11.3 Å². The summed E-state index contributed by atoms with van der Waals surface area (Å²) in [6.07, 6.45) is 0.953. The lowest BCUT2D eigenvalue weighted by Crippen LogP contribution is -2.29. The van der Waals surface area contributed by atoms with E-state index in [4.69, 9.17) is 0 Å².